The number of nitrogens with one attached hydrogen (secondary N) is 2. The Morgan fingerprint density at radius 1 is 1.09 bits per heavy atom. The molecular weight excluding hydrogens is 292 g/mol. The van der Waals surface area contributed by atoms with Gasteiger partial charge in [0, 0.05) is 0 Å². The molecule has 0 saturated carbocycles. The van der Waals surface area contributed by atoms with Crippen LogP contribution in [0.3, 0.4) is 0 Å². The lowest BCUT2D eigenvalue weighted by Crippen LogP contribution is -2.07. The van der Waals surface area contributed by atoms with E-state index in [-0.39, 0.29) is 17.5 Å². The lowest BCUT2D eigenvalue weighted by molar-refractivity contribution is 0.517. The largest absolute Gasteiger partial charge is 0.467 e. The molecule has 0 spiro atoms. The van der Waals surface area contributed by atoms with Crippen molar-refractivity contribution < 1.29 is 13.2 Å². The van der Waals surface area contributed by atoms with Crippen LogP contribution in [-0.4, -0.2) is 15.2 Å². The molecule has 0 unspecified atom stereocenters. The molecular formula is C14H11F2N5O. The molecule has 0 radical (unpaired) electrons. The summed E-state index contributed by atoms with van der Waals surface area (Å²) in [7, 11) is 0. The predicted molar refractivity (Wildman–Crippen MR) is 75.5 cm³/mol. The highest BCUT2D eigenvalue weighted by Crippen LogP contribution is 2.21. The lowest BCUT2D eigenvalue weighted by atomic mass is 10.3. The summed E-state index contributed by atoms with van der Waals surface area (Å²) in [5, 5.41) is 13.0. The molecule has 2 N–H and O–H groups in total. The van der Waals surface area contributed by atoms with Gasteiger partial charge >= 0.3 is 0 Å². The van der Waals surface area contributed by atoms with Crippen LogP contribution < -0.4 is 10.6 Å². The quantitative estimate of drug-likeness (QED) is 0.754. The topological polar surface area (TPSA) is 75.9 Å². The fraction of sp³-hybridized carbons (Fsp3) is 0.0714. The molecule has 6 nitrogen and oxygen atoms in total. The Labute approximate surface area is 124 Å². The number of hydrogen-bond acceptors (Lipinski definition) is 6. The smallest absolute Gasteiger partial charge is 0.245 e. The van der Waals surface area contributed by atoms with Crippen LogP contribution in [0.15, 0.2) is 47.2 Å². The molecule has 3 rings (SSSR count). The van der Waals surface area contributed by atoms with Gasteiger partial charge in [0.1, 0.15) is 23.1 Å². The Bertz CT molecular complexity index is 743. The van der Waals surface area contributed by atoms with Gasteiger partial charge in [-0.2, -0.15) is 10.1 Å². The zero-order valence-corrected chi connectivity index (χ0v) is 11.3. The highest BCUT2D eigenvalue weighted by molar-refractivity contribution is 5.57. The molecule has 0 aliphatic heterocycles. The molecule has 3 aromatic rings. The normalized spacial score (nSPS) is 10.5. The summed E-state index contributed by atoms with van der Waals surface area (Å²) in [6.45, 7) is 0.367. The number of anilines is 3. The van der Waals surface area contributed by atoms with Gasteiger partial charge in [-0.3, -0.25) is 0 Å². The Morgan fingerprint density at radius 2 is 1.91 bits per heavy atom. The van der Waals surface area contributed by atoms with Gasteiger partial charge in [0.25, 0.3) is 0 Å². The number of aromatic nitrogens is 3. The minimum absolute atomic E-state index is 0.168. The average Bonchev–Trinajstić information content (AvgIpc) is 3.03. The number of para-hydroxylation sites is 1. The Morgan fingerprint density at radius 3 is 2.64 bits per heavy atom. The highest BCUT2D eigenvalue weighted by atomic mass is 19.1. The molecule has 8 heteroatoms. The highest BCUT2D eigenvalue weighted by Gasteiger charge is 2.10. The molecule has 1 aromatic carbocycles. The second-order valence-electron chi connectivity index (χ2n) is 4.32. The summed E-state index contributed by atoms with van der Waals surface area (Å²) in [5.41, 5.74) is -0.292. The van der Waals surface area contributed by atoms with Crippen LogP contribution in [-0.2, 0) is 6.54 Å². The van der Waals surface area contributed by atoms with Crippen molar-refractivity contribution in [2.24, 2.45) is 0 Å². The number of furan rings is 1. The minimum Gasteiger partial charge on any atom is -0.467 e. The first-order valence-electron chi connectivity index (χ1n) is 6.39. The van der Waals surface area contributed by atoms with Gasteiger partial charge in [-0.05, 0) is 24.3 Å². The van der Waals surface area contributed by atoms with E-state index in [4.69, 9.17) is 4.42 Å². The van der Waals surface area contributed by atoms with Crippen LogP contribution >= 0.6 is 0 Å². The van der Waals surface area contributed by atoms with Gasteiger partial charge in [0.2, 0.25) is 5.95 Å². The minimum atomic E-state index is -0.719. The van der Waals surface area contributed by atoms with E-state index in [9.17, 15) is 8.78 Å². The third-order valence-electron chi connectivity index (χ3n) is 2.78. The second-order valence-corrected chi connectivity index (χ2v) is 4.32. The van der Waals surface area contributed by atoms with Crippen molar-refractivity contribution in [2.45, 2.75) is 6.54 Å². The van der Waals surface area contributed by atoms with Gasteiger partial charge < -0.3 is 15.1 Å². The maximum absolute atomic E-state index is 13.6. The van der Waals surface area contributed by atoms with Gasteiger partial charge in [0.15, 0.2) is 5.82 Å². The SMILES string of the molecule is Fc1cccc(F)c1Nc1cnnc(NCc2ccco2)n1. The molecule has 0 bridgehead atoms. The summed E-state index contributed by atoms with van der Waals surface area (Å²) in [5.74, 6) is -0.367. The first-order valence-corrected chi connectivity index (χ1v) is 6.39. The first kappa shape index (κ1) is 13.9. The van der Waals surface area contributed by atoms with Crippen LogP contribution in [0.25, 0.3) is 0 Å². The zero-order chi connectivity index (χ0) is 15.4. The van der Waals surface area contributed by atoms with Crippen molar-refractivity contribution in [1.82, 2.24) is 15.2 Å². The first-order chi connectivity index (χ1) is 10.7. The molecule has 22 heavy (non-hydrogen) atoms. The monoisotopic (exact) mass is 303 g/mol. The number of nitrogens with zero attached hydrogens (tertiary/aromatic N) is 3. The van der Waals surface area contributed by atoms with Crippen molar-refractivity contribution >= 4 is 17.5 Å². The van der Waals surface area contributed by atoms with E-state index < -0.39 is 11.6 Å². The van der Waals surface area contributed by atoms with Gasteiger partial charge in [-0.25, -0.2) is 8.78 Å². The third-order valence-corrected chi connectivity index (χ3v) is 2.78. The summed E-state index contributed by atoms with van der Waals surface area (Å²) in [4.78, 5) is 4.08. The predicted octanol–water partition coefficient (Wildman–Crippen LogP) is 3.10. The van der Waals surface area contributed by atoms with E-state index in [2.05, 4.69) is 25.8 Å². The van der Waals surface area contributed by atoms with Crippen LogP contribution in [0, 0.1) is 11.6 Å². The summed E-state index contributed by atoms with van der Waals surface area (Å²) >= 11 is 0. The number of benzene rings is 1. The Kier molecular flexibility index (Phi) is 3.90. The number of halogens is 2. The average molecular weight is 303 g/mol. The van der Waals surface area contributed by atoms with E-state index in [0.717, 1.165) is 12.1 Å². The number of rotatable bonds is 5. The molecule has 0 saturated heterocycles. The van der Waals surface area contributed by atoms with Crippen molar-refractivity contribution in [3.63, 3.8) is 0 Å². The molecule has 0 amide bonds. The molecule has 0 atom stereocenters. The molecule has 2 heterocycles. The van der Waals surface area contributed by atoms with Crippen molar-refractivity contribution in [3.05, 3.63) is 60.2 Å². The zero-order valence-electron chi connectivity index (χ0n) is 11.3. The molecule has 0 aliphatic carbocycles. The maximum Gasteiger partial charge on any atom is 0.245 e. The molecule has 112 valence electrons. The van der Waals surface area contributed by atoms with Crippen molar-refractivity contribution in [1.29, 1.82) is 0 Å². The standard InChI is InChI=1S/C14H11F2N5O/c15-10-4-1-5-11(16)13(10)19-12-8-18-21-14(20-12)17-7-9-3-2-6-22-9/h1-6,8H,7H2,(H2,17,19,20,21). The van der Waals surface area contributed by atoms with E-state index in [1.165, 1.54) is 12.3 Å². The Hall–Kier alpha value is -3.03. The lowest BCUT2D eigenvalue weighted by Gasteiger charge is -2.08. The van der Waals surface area contributed by atoms with Crippen LogP contribution in [0.5, 0.6) is 0 Å². The molecule has 0 aliphatic rings. The van der Waals surface area contributed by atoms with E-state index in [0.29, 0.717) is 12.3 Å². The van der Waals surface area contributed by atoms with Gasteiger partial charge in [-0.15, -0.1) is 5.10 Å². The van der Waals surface area contributed by atoms with E-state index >= 15 is 0 Å². The van der Waals surface area contributed by atoms with Crippen LogP contribution in [0.2, 0.25) is 0 Å². The second kappa shape index (κ2) is 6.17. The van der Waals surface area contributed by atoms with Gasteiger partial charge in [-0.1, -0.05) is 6.07 Å². The summed E-state index contributed by atoms with van der Waals surface area (Å²) < 4.78 is 32.3. The third kappa shape index (κ3) is 3.17. The summed E-state index contributed by atoms with van der Waals surface area (Å²) in [6.07, 6.45) is 2.82. The van der Waals surface area contributed by atoms with Crippen LogP contribution in [0.1, 0.15) is 5.76 Å². The van der Waals surface area contributed by atoms with Crippen LogP contribution in [0.4, 0.5) is 26.2 Å². The summed E-state index contributed by atoms with van der Waals surface area (Å²) in [6, 6.07) is 7.13. The van der Waals surface area contributed by atoms with E-state index in [1.54, 1.807) is 18.4 Å². The number of hydrogen-bond donors (Lipinski definition) is 2. The van der Waals surface area contributed by atoms with Crippen molar-refractivity contribution in [3.8, 4) is 0 Å². The van der Waals surface area contributed by atoms with Gasteiger partial charge in [0.05, 0.1) is 19.0 Å². The fourth-order valence-electron chi connectivity index (χ4n) is 1.76. The maximum atomic E-state index is 13.6. The van der Waals surface area contributed by atoms with E-state index in [1.807, 2.05) is 0 Å². The molecule has 2 aromatic heterocycles. The Balaban J connectivity index is 1.73. The fourth-order valence-corrected chi connectivity index (χ4v) is 1.76. The van der Waals surface area contributed by atoms with Crippen molar-refractivity contribution in [2.75, 3.05) is 10.6 Å². The molecule has 0 fully saturated rings.